The average molecular weight is 287 g/mol. The minimum atomic E-state index is -0.427. The van der Waals surface area contributed by atoms with Crippen LogP contribution in [-0.2, 0) is 0 Å². The molecule has 0 aliphatic heterocycles. The second-order valence-corrected chi connectivity index (χ2v) is 6.46. The Hall–Kier alpha value is -1.74. The fourth-order valence-corrected chi connectivity index (χ4v) is 2.43. The topological polar surface area (TPSA) is 34.4 Å². The zero-order chi connectivity index (χ0) is 15.3. The van der Waals surface area contributed by atoms with Crippen molar-refractivity contribution in [1.82, 2.24) is 4.57 Å². The molecule has 2 rings (SSSR count). The molecule has 2 aromatic rings. The van der Waals surface area contributed by atoms with Crippen LogP contribution < -0.4 is 4.74 Å². The summed E-state index contributed by atoms with van der Waals surface area (Å²) >= 11 is 0. The molecule has 1 aromatic heterocycles. The fourth-order valence-electron chi connectivity index (χ4n) is 2.43. The van der Waals surface area contributed by atoms with Gasteiger partial charge in [0.25, 0.3) is 0 Å². The van der Waals surface area contributed by atoms with E-state index in [0.29, 0.717) is 6.61 Å². The Bertz CT molecular complexity index is 514. The number of rotatable bonds is 6. The quantitative estimate of drug-likeness (QED) is 0.874. The summed E-state index contributed by atoms with van der Waals surface area (Å²) in [7, 11) is 0. The zero-order valence-corrected chi connectivity index (χ0v) is 13.1. The minimum absolute atomic E-state index is 0.0173. The van der Waals surface area contributed by atoms with Crippen LogP contribution in [0.5, 0.6) is 5.75 Å². The molecule has 0 spiro atoms. The number of benzene rings is 1. The maximum absolute atomic E-state index is 10.6. The van der Waals surface area contributed by atoms with Crippen LogP contribution in [0.1, 0.15) is 33.2 Å². The van der Waals surface area contributed by atoms with Gasteiger partial charge in [-0.2, -0.15) is 0 Å². The Morgan fingerprint density at radius 1 is 1.05 bits per heavy atom. The van der Waals surface area contributed by atoms with Crippen LogP contribution in [0.25, 0.3) is 0 Å². The first-order valence-corrected chi connectivity index (χ1v) is 7.47. The standard InChI is InChI=1S/C18H25NO2/c1-18(2,3)17(20)16(19-12-7-8-13-19)11-14-21-15-9-5-4-6-10-15/h4-10,12-13,16-17,20H,11,14H2,1-3H3. The number of ether oxygens (including phenoxy) is 1. The lowest BCUT2D eigenvalue weighted by Crippen LogP contribution is -2.36. The Morgan fingerprint density at radius 2 is 1.67 bits per heavy atom. The van der Waals surface area contributed by atoms with E-state index in [-0.39, 0.29) is 11.5 Å². The molecule has 1 N–H and O–H groups in total. The number of aliphatic hydroxyl groups is 1. The Morgan fingerprint density at radius 3 is 2.24 bits per heavy atom. The van der Waals surface area contributed by atoms with E-state index in [1.165, 1.54) is 0 Å². The van der Waals surface area contributed by atoms with Gasteiger partial charge in [0.05, 0.1) is 18.8 Å². The molecule has 114 valence electrons. The molecular weight excluding hydrogens is 262 g/mol. The molecular formula is C18H25NO2. The number of nitrogens with zero attached hydrogens (tertiary/aromatic N) is 1. The van der Waals surface area contributed by atoms with E-state index in [0.717, 1.165) is 12.2 Å². The van der Waals surface area contributed by atoms with Crippen LogP contribution in [0.15, 0.2) is 54.9 Å². The van der Waals surface area contributed by atoms with Crippen molar-refractivity contribution >= 4 is 0 Å². The third-order valence-corrected chi connectivity index (χ3v) is 3.69. The molecule has 21 heavy (non-hydrogen) atoms. The van der Waals surface area contributed by atoms with E-state index >= 15 is 0 Å². The first-order chi connectivity index (χ1) is 9.98. The van der Waals surface area contributed by atoms with Crippen LogP contribution in [0, 0.1) is 5.41 Å². The van der Waals surface area contributed by atoms with Crippen LogP contribution in [-0.4, -0.2) is 22.4 Å². The third kappa shape index (κ3) is 4.36. The van der Waals surface area contributed by atoms with Gasteiger partial charge in [0, 0.05) is 18.8 Å². The van der Waals surface area contributed by atoms with Crippen molar-refractivity contribution in [1.29, 1.82) is 0 Å². The molecule has 0 saturated carbocycles. The van der Waals surface area contributed by atoms with Gasteiger partial charge < -0.3 is 14.4 Å². The Labute approximate surface area is 127 Å². The highest BCUT2D eigenvalue weighted by atomic mass is 16.5. The van der Waals surface area contributed by atoms with Gasteiger partial charge >= 0.3 is 0 Å². The zero-order valence-electron chi connectivity index (χ0n) is 13.1. The van der Waals surface area contributed by atoms with Gasteiger partial charge in [0.15, 0.2) is 0 Å². The summed E-state index contributed by atoms with van der Waals surface area (Å²) in [5.74, 6) is 0.869. The van der Waals surface area contributed by atoms with Crippen molar-refractivity contribution in [3.8, 4) is 5.75 Å². The van der Waals surface area contributed by atoms with Gasteiger partial charge in [-0.3, -0.25) is 0 Å². The number of aromatic nitrogens is 1. The van der Waals surface area contributed by atoms with Gasteiger partial charge in [-0.05, 0) is 29.7 Å². The van der Waals surface area contributed by atoms with Crippen LogP contribution in [0.3, 0.4) is 0 Å². The number of para-hydroxylation sites is 1. The monoisotopic (exact) mass is 287 g/mol. The predicted octanol–water partition coefficient (Wildman–Crippen LogP) is 3.91. The van der Waals surface area contributed by atoms with E-state index in [2.05, 4.69) is 25.3 Å². The lowest BCUT2D eigenvalue weighted by Gasteiger charge is -2.34. The first kappa shape index (κ1) is 15.6. The van der Waals surface area contributed by atoms with Crippen molar-refractivity contribution in [3.05, 3.63) is 54.9 Å². The highest BCUT2D eigenvalue weighted by molar-refractivity contribution is 5.20. The first-order valence-electron chi connectivity index (χ1n) is 7.47. The molecule has 2 atom stereocenters. The Kier molecular flexibility index (Phi) is 5.07. The molecule has 0 aliphatic rings. The largest absolute Gasteiger partial charge is 0.494 e. The second-order valence-electron chi connectivity index (χ2n) is 6.46. The molecule has 0 bridgehead atoms. The van der Waals surface area contributed by atoms with Crippen molar-refractivity contribution in [2.24, 2.45) is 5.41 Å². The number of hydrogen-bond acceptors (Lipinski definition) is 2. The summed E-state index contributed by atoms with van der Waals surface area (Å²) in [5, 5.41) is 10.6. The lowest BCUT2D eigenvalue weighted by molar-refractivity contribution is 0.00947. The second kappa shape index (κ2) is 6.81. The molecule has 2 unspecified atom stereocenters. The van der Waals surface area contributed by atoms with Gasteiger partial charge in [-0.1, -0.05) is 39.0 Å². The lowest BCUT2D eigenvalue weighted by atomic mass is 9.83. The van der Waals surface area contributed by atoms with E-state index in [1.54, 1.807) is 0 Å². The van der Waals surface area contributed by atoms with Crippen molar-refractivity contribution in [3.63, 3.8) is 0 Å². The predicted molar refractivity (Wildman–Crippen MR) is 85.5 cm³/mol. The molecule has 3 heteroatoms. The smallest absolute Gasteiger partial charge is 0.119 e. The fraction of sp³-hybridized carbons (Fsp3) is 0.444. The van der Waals surface area contributed by atoms with E-state index in [9.17, 15) is 5.11 Å². The van der Waals surface area contributed by atoms with Gasteiger partial charge in [-0.15, -0.1) is 0 Å². The summed E-state index contributed by atoms with van der Waals surface area (Å²) in [6.07, 6.45) is 4.34. The SMILES string of the molecule is CC(C)(C)C(O)C(CCOc1ccccc1)n1cccc1. The average Bonchev–Trinajstić information content (AvgIpc) is 2.97. The molecule has 0 aliphatic carbocycles. The molecule has 0 radical (unpaired) electrons. The molecule has 0 saturated heterocycles. The normalized spacial score (nSPS) is 14.7. The number of hydrogen-bond donors (Lipinski definition) is 1. The molecule has 1 aromatic carbocycles. The van der Waals surface area contributed by atoms with Crippen molar-refractivity contribution in [2.75, 3.05) is 6.61 Å². The molecule has 1 heterocycles. The van der Waals surface area contributed by atoms with Gasteiger partial charge in [-0.25, -0.2) is 0 Å². The maximum Gasteiger partial charge on any atom is 0.119 e. The highest BCUT2D eigenvalue weighted by Crippen LogP contribution is 2.30. The van der Waals surface area contributed by atoms with Gasteiger partial charge in [0.1, 0.15) is 5.75 Å². The molecule has 0 fully saturated rings. The number of aliphatic hydroxyl groups excluding tert-OH is 1. The molecule has 0 amide bonds. The summed E-state index contributed by atoms with van der Waals surface area (Å²) in [4.78, 5) is 0. The maximum atomic E-state index is 10.6. The highest BCUT2D eigenvalue weighted by Gasteiger charge is 2.31. The van der Waals surface area contributed by atoms with Crippen LogP contribution in [0.4, 0.5) is 0 Å². The Balaban J connectivity index is 2.00. The third-order valence-electron chi connectivity index (χ3n) is 3.69. The molecule has 3 nitrogen and oxygen atoms in total. The van der Waals surface area contributed by atoms with E-state index < -0.39 is 6.10 Å². The summed E-state index contributed by atoms with van der Waals surface area (Å²) in [5.41, 5.74) is -0.165. The van der Waals surface area contributed by atoms with Crippen molar-refractivity contribution < 1.29 is 9.84 Å². The summed E-state index contributed by atoms with van der Waals surface area (Å²) in [6, 6.07) is 13.8. The van der Waals surface area contributed by atoms with E-state index in [4.69, 9.17) is 4.74 Å². The van der Waals surface area contributed by atoms with Gasteiger partial charge in [0.2, 0.25) is 0 Å². The van der Waals surface area contributed by atoms with E-state index in [1.807, 2.05) is 54.9 Å². The van der Waals surface area contributed by atoms with Crippen molar-refractivity contribution in [2.45, 2.75) is 39.3 Å². The minimum Gasteiger partial charge on any atom is -0.494 e. The summed E-state index contributed by atoms with van der Waals surface area (Å²) < 4.78 is 7.85. The van der Waals surface area contributed by atoms with Crippen LogP contribution >= 0.6 is 0 Å². The van der Waals surface area contributed by atoms with Crippen LogP contribution in [0.2, 0.25) is 0 Å². The summed E-state index contributed by atoms with van der Waals surface area (Å²) in [6.45, 7) is 6.77.